The molecule has 2 aliphatic heterocycles. The van der Waals surface area contributed by atoms with E-state index in [1.807, 2.05) is 36.7 Å². The largest absolute Gasteiger partial charge is 0.490 e. The minimum Gasteiger partial charge on any atom is -0.475 e. The number of piperazine rings is 1. The van der Waals surface area contributed by atoms with Crippen LogP contribution in [0.4, 0.5) is 24.8 Å². The molecule has 0 radical (unpaired) electrons. The minimum absolute atomic E-state index is 0.254. The Hall–Kier alpha value is -3.49. The number of sulfonamides is 1. The second-order valence-electron chi connectivity index (χ2n) is 13.4. The number of benzene rings is 1. The first-order chi connectivity index (χ1) is 22.6. The van der Waals surface area contributed by atoms with Crippen LogP contribution in [0.5, 0.6) is 0 Å². The molecular formula is C34H47F3N6O4S. The molecule has 14 heteroatoms. The Morgan fingerprint density at radius 1 is 0.938 bits per heavy atom. The van der Waals surface area contributed by atoms with Crippen LogP contribution in [0.25, 0.3) is 10.8 Å². The summed E-state index contributed by atoms with van der Waals surface area (Å²) in [4.78, 5) is 25.9. The monoisotopic (exact) mass is 692 g/mol. The number of aliphatic carboxylic acids is 1. The molecule has 1 aromatic carbocycles. The second-order valence-corrected chi connectivity index (χ2v) is 15.3. The van der Waals surface area contributed by atoms with E-state index < -0.39 is 22.2 Å². The van der Waals surface area contributed by atoms with Crippen LogP contribution in [-0.2, 0) is 14.8 Å². The fourth-order valence-corrected chi connectivity index (χ4v) is 8.04. The molecule has 3 aromatic rings. The zero-order chi connectivity index (χ0) is 35.1. The van der Waals surface area contributed by atoms with Gasteiger partial charge in [-0.15, -0.1) is 0 Å². The summed E-state index contributed by atoms with van der Waals surface area (Å²) in [6.07, 6.45) is 0.966. The first-order valence-electron chi connectivity index (χ1n) is 16.5. The molecule has 10 nitrogen and oxygen atoms in total. The summed E-state index contributed by atoms with van der Waals surface area (Å²) in [7, 11) is -3.61. The Kier molecular flexibility index (Phi) is 12.7. The maximum atomic E-state index is 13.8. The highest BCUT2D eigenvalue weighted by atomic mass is 32.2. The van der Waals surface area contributed by atoms with E-state index in [0.717, 1.165) is 74.6 Å². The van der Waals surface area contributed by atoms with Gasteiger partial charge in [-0.25, -0.2) is 23.2 Å². The third kappa shape index (κ3) is 10.0. The number of anilines is 2. The van der Waals surface area contributed by atoms with E-state index in [0.29, 0.717) is 23.9 Å². The fraction of sp³-hybridized carbons (Fsp3) is 0.559. The molecule has 0 aliphatic carbocycles. The maximum Gasteiger partial charge on any atom is 0.490 e. The molecule has 2 fully saturated rings. The van der Waals surface area contributed by atoms with E-state index in [1.165, 1.54) is 6.42 Å². The van der Waals surface area contributed by atoms with Gasteiger partial charge >= 0.3 is 12.1 Å². The van der Waals surface area contributed by atoms with E-state index in [4.69, 9.17) is 14.9 Å². The Morgan fingerprint density at radius 3 is 2.19 bits per heavy atom. The Bertz CT molecular complexity index is 1590. The van der Waals surface area contributed by atoms with Crippen molar-refractivity contribution in [1.82, 2.24) is 19.2 Å². The van der Waals surface area contributed by atoms with Crippen molar-refractivity contribution in [2.24, 2.45) is 17.8 Å². The van der Waals surface area contributed by atoms with Crippen LogP contribution in [0.15, 0.2) is 59.8 Å². The Balaban J connectivity index is 0.000000671. The molecule has 4 heterocycles. The van der Waals surface area contributed by atoms with Crippen LogP contribution in [0.2, 0.25) is 0 Å². The first-order valence-corrected chi connectivity index (χ1v) is 17.9. The van der Waals surface area contributed by atoms with E-state index in [2.05, 4.69) is 59.5 Å². The van der Waals surface area contributed by atoms with Crippen molar-refractivity contribution in [3.05, 3.63) is 54.9 Å². The minimum atomic E-state index is -5.08. The van der Waals surface area contributed by atoms with Crippen molar-refractivity contribution in [3.63, 3.8) is 0 Å². The molecule has 1 N–H and O–H groups in total. The standard InChI is InChI=1S/C32H46N6O2S.C2HF3O2/c1-25(2)21-38(22-26(3)4)41(39,40)29-11-10-28-12-14-34-32(30(28)20-29)37-15-7-8-27(24-37)23-35-16-18-36(19-17-35)31-9-5-6-13-33-31;3-2(4,5)1(6)7/h5-6,9-14,20,25-27H,7-8,15-19,21-24H2,1-4H3;(H,6,7). The van der Waals surface area contributed by atoms with Gasteiger partial charge in [0.1, 0.15) is 11.6 Å². The number of alkyl halides is 3. The van der Waals surface area contributed by atoms with Crippen LogP contribution in [0.3, 0.4) is 0 Å². The molecule has 0 spiro atoms. The second kappa shape index (κ2) is 16.3. The number of piperidine rings is 1. The number of carboxylic acids is 1. The van der Waals surface area contributed by atoms with Crippen LogP contribution in [0, 0.1) is 17.8 Å². The number of aromatic nitrogens is 2. The lowest BCUT2D eigenvalue weighted by Gasteiger charge is -2.40. The lowest BCUT2D eigenvalue weighted by atomic mass is 9.96. The number of hydrogen-bond donors (Lipinski definition) is 1. The van der Waals surface area contributed by atoms with Gasteiger partial charge in [0.2, 0.25) is 10.0 Å². The van der Waals surface area contributed by atoms with Crippen molar-refractivity contribution in [2.45, 2.75) is 51.6 Å². The molecule has 0 saturated carbocycles. The van der Waals surface area contributed by atoms with E-state index in [1.54, 1.807) is 10.4 Å². The topological polar surface area (TPSA) is 110 Å². The van der Waals surface area contributed by atoms with Crippen LogP contribution >= 0.6 is 0 Å². The molecule has 2 aromatic heterocycles. The van der Waals surface area contributed by atoms with Crippen molar-refractivity contribution in [1.29, 1.82) is 0 Å². The van der Waals surface area contributed by atoms with Crippen LogP contribution in [-0.4, -0.2) is 104 Å². The third-order valence-electron chi connectivity index (χ3n) is 8.41. The highest BCUT2D eigenvalue weighted by molar-refractivity contribution is 7.89. The number of rotatable bonds is 10. The summed E-state index contributed by atoms with van der Waals surface area (Å²) in [6.45, 7) is 16.4. The molecular weight excluding hydrogens is 645 g/mol. The van der Waals surface area contributed by atoms with Gasteiger partial charge in [-0.05, 0) is 66.3 Å². The fourth-order valence-electron chi connectivity index (χ4n) is 6.25. The zero-order valence-electron chi connectivity index (χ0n) is 28.1. The van der Waals surface area contributed by atoms with Gasteiger partial charge in [0.25, 0.3) is 0 Å². The molecule has 5 rings (SSSR count). The third-order valence-corrected chi connectivity index (χ3v) is 10.2. The maximum absolute atomic E-state index is 13.8. The lowest BCUT2D eigenvalue weighted by molar-refractivity contribution is -0.192. The number of carboxylic acid groups (broad SMARTS) is 1. The number of halogens is 3. The quantitative estimate of drug-likeness (QED) is 0.290. The smallest absolute Gasteiger partial charge is 0.475 e. The van der Waals surface area contributed by atoms with Gasteiger partial charge in [-0.1, -0.05) is 39.8 Å². The summed E-state index contributed by atoms with van der Waals surface area (Å²) >= 11 is 0. The zero-order valence-corrected chi connectivity index (χ0v) is 28.9. The summed E-state index contributed by atoms with van der Waals surface area (Å²) in [5, 5.41) is 9.08. The van der Waals surface area contributed by atoms with Gasteiger partial charge in [-0.3, -0.25) is 4.90 Å². The van der Waals surface area contributed by atoms with Gasteiger partial charge in [0.05, 0.1) is 4.90 Å². The number of pyridine rings is 2. The molecule has 48 heavy (non-hydrogen) atoms. The molecule has 264 valence electrons. The summed E-state index contributed by atoms with van der Waals surface area (Å²) in [6, 6.07) is 13.7. The molecule has 1 unspecified atom stereocenters. The summed E-state index contributed by atoms with van der Waals surface area (Å²) in [5.74, 6) is 0.280. The van der Waals surface area contributed by atoms with Crippen molar-refractivity contribution in [3.8, 4) is 0 Å². The lowest BCUT2D eigenvalue weighted by Crippen LogP contribution is -2.50. The summed E-state index contributed by atoms with van der Waals surface area (Å²) in [5.41, 5.74) is 0. The number of nitrogens with zero attached hydrogens (tertiary/aromatic N) is 6. The van der Waals surface area contributed by atoms with Crippen molar-refractivity contribution < 1.29 is 31.5 Å². The van der Waals surface area contributed by atoms with E-state index >= 15 is 0 Å². The van der Waals surface area contributed by atoms with Crippen molar-refractivity contribution >= 4 is 38.4 Å². The summed E-state index contributed by atoms with van der Waals surface area (Å²) < 4.78 is 61.0. The van der Waals surface area contributed by atoms with E-state index in [-0.39, 0.29) is 11.8 Å². The number of hydrogen-bond acceptors (Lipinski definition) is 8. The average molecular weight is 693 g/mol. The number of carbonyl (C=O) groups is 1. The van der Waals surface area contributed by atoms with Crippen LogP contribution < -0.4 is 9.80 Å². The van der Waals surface area contributed by atoms with E-state index in [9.17, 15) is 21.6 Å². The van der Waals surface area contributed by atoms with Crippen molar-refractivity contribution in [2.75, 3.05) is 68.7 Å². The average Bonchev–Trinajstić information content (AvgIpc) is 3.04. The first kappa shape index (κ1) is 37.3. The molecule has 2 aliphatic rings. The molecule has 0 bridgehead atoms. The molecule has 1 atom stereocenters. The Labute approximate surface area is 281 Å². The molecule has 2 saturated heterocycles. The van der Waals surface area contributed by atoms with Gasteiger partial charge in [-0.2, -0.15) is 17.5 Å². The Morgan fingerprint density at radius 2 is 1.60 bits per heavy atom. The normalized spacial score (nSPS) is 18.0. The number of fused-ring (bicyclic) bond motifs is 1. The SMILES string of the molecule is CC(C)CN(CC(C)C)S(=O)(=O)c1ccc2ccnc(N3CCCC(CN4CCN(c5ccccn5)CC4)C3)c2c1.O=C(O)C(F)(F)F. The molecule has 0 amide bonds. The van der Waals surface area contributed by atoms with Gasteiger partial charge in [0.15, 0.2) is 0 Å². The predicted octanol–water partition coefficient (Wildman–Crippen LogP) is 5.60. The van der Waals surface area contributed by atoms with Gasteiger partial charge in [0, 0.05) is 76.7 Å². The predicted molar refractivity (Wildman–Crippen MR) is 182 cm³/mol. The highest BCUT2D eigenvalue weighted by Gasteiger charge is 2.38. The van der Waals surface area contributed by atoms with Crippen LogP contribution in [0.1, 0.15) is 40.5 Å². The highest BCUT2D eigenvalue weighted by Crippen LogP contribution is 2.32. The van der Waals surface area contributed by atoms with Gasteiger partial charge < -0.3 is 14.9 Å².